The van der Waals surface area contributed by atoms with Crippen molar-refractivity contribution in [2.75, 3.05) is 26.0 Å². The minimum Gasteiger partial charge on any atom is -0.398 e. The zero-order chi connectivity index (χ0) is 15.2. The summed E-state index contributed by atoms with van der Waals surface area (Å²) in [6.45, 7) is 3.59. The highest BCUT2D eigenvalue weighted by Gasteiger charge is 2.17. The molecule has 0 saturated carbocycles. The Balaban J connectivity index is 2.18. The molecule has 1 aromatic carbocycles. The number of aryl methyl sites for hydroxylation is 1. The van der Waals surface area contributed by atoms with Gasteiger partial charge in [0.2, 0.25) is 0 Å². The first-order chi connectivity index (χ1) is 10.1. The number of carbonyl (C=O) groups is 1. The van der Waals surface area contributed by atoms with Crippen molar-refractivity contribution in [2.24, 2.45) is 0 Å². The summed E-state index contributed by atoms with van der Waals surface area (Å²) in [6.07, 6.45) is 0. The van der Waals surface area contributed by atoms with E-state index < -0.39 is 0 Å². The molecule has 1 amide bonds. The molecule has 1 heterocycles. The van der Waals surface area contributed by atoms with Gasteiger partial charge >= 0.3 is 0 Å². The summed E-state index contributed by atoms with van der Waals surface area (Å²) in [4.78, 5) is 15.6. The molecule has 0 aliphatic heterocycles. The number of ether oxygens (including phenoxy) is 1. The van der Waals surface area contributed by atoms with E-state index in [9.17, 15) is 4.79 Å². The smallest absolute Gasteiger partial charge is 0.254 e. The number of amides is 1. The standard InChI is InChI=1S/C16H20N2O2S/c1-12-5-6-13(10-15(12)17)16(19)18(7-8-20-2)11-14-4-3-9-21-14/h3-6,9-10H,7-8,11,17H2,1-2H3. The molecule has 2 aromatic rings. The van der Waals surface area contributed by atoms with Crippen molar-refractivity contribution in [3.8, 4) is 0 Å². The van der Waals surface area contributed by atoms with Crippen molar-refractivity contribution >= 4 is 22.9 Å². The number of rotatable bonds is 6. The third-order valence-electron chi connectivity index (χ3n) is 3.31. The molecule has 21 heavy (non-hydrogen) atoms. The van der Waals surface area contributed by atoms with Gasteiger partial charge in [0.25, 0.3) is 5.91 Å². The number of hydrogen-bond donors (Lipinski definition) is 1. The van der Waals surface area contributed by atoms with Crippen LogP contribution in [0, 0.1) is 6.92 Å². The fraction of sp³-hybridized carbons (Fsp3) is 0.312. The van der Waals surface area contributed by atoms with Crippen LogP contribution in [-0.2, 0) is 11.3 Å². The molecule has 4 nitrogen and oxygen atoms in total. The van der Waals surface area contributed by atoms with Gasteiger partial charge in [0, 0.05) is 29.8 Å². The molecule has 0 aliphatic carbocycles. The van der Waals surface area contributed by atoms with Gasteiger partial charge in [-0.2, -0.15) is 0 Å². The van der Waals surface area contributed by atoms with Gasteiger partial charge in [-0.05, 0) is 36.1 Å². The van der Waals surface area contributed by atoms with Crippen LogP contribution in [0.4, 0.5) is 5.69 Å². The minimum absolute atomic E-state index is 0.0212. The molecule has 0 radical (unpaired) electrons. The van der Waals surface area contributed by atoms with Gasteiger partial charge in [0.05, 0.1) is 13.2 Å². The third kappa shape index (κ3) is 4.06. The zero-order valence-corrected chi connectivity index (χ0v) is 13.2. The summed E-state index contributed by atoms with van der Waals surface area (Å²) in [5.74, 6) is -0.0212. The lowest BCUT2D eigenvalue weighted by Crippen LogP contribution is -2.33. The molecule has 2 rings (SSSR count). The molecule has 2 N–H and O–H groups in total. The molecule has 0 bridgehead atoms. The van der Waals surface area contributed by atoms with E-state index in [0.717, 1.165) is 10.4 Å². The Bertz CT molecular complexity index is 596. The van der Waals surface area contributed by atoms with Gasteiger partial charge in [0.1, 0.15) is 0 Å². The predicted molar refractivity (Wildman–Crippen MR) is 86.5 cm³/mol. The Hall–Kier alpha value is -1.85. The van der Waals surface area contributed by atoms with Gasteiger partial charge in [-0.1, -0.05) is 12.1 Å². The normalized spacial score (nSPS) is 10.6. The Morgan fingerprint density at radius 1 is 1.38 bits per heavy atom. The molecule has 0 aliphatic rings. The van der Waals surface area contributed by atoms with E-state index in [2.05, 4.69) is 0 Å². The van der Waals surface area contributed by atoms with Crippen LogP contribution in [-0.4, -0.2) is 31.1 Å². The van der Waals surface area contributed by atoms with Crippen molar-refractivity contribution in [1.82, 2.24) is 4.90 Å². The number of nitrogens with zero attached hydrogens (tertiary/aromatic N) is 1. The van der Waals surface area contributed by atoms with Crippen molar-refractivity contribution in [2.45, 2.75) is 13.5 Å². The van der Waals surface area contributed by atoms with Gasteiger partial charge < -0.3 is 15.4 Å². The van der Waals surface area contributed by atoms with Crippen LogP contribution in [0.3, 0.4) is 0 Å². The second kappa shape index (κ2) is 7.24. The van der Waals surface area contributed by atoms with E-state index in [1.807, 2.05) is 36.6 Å². The fourth-order valence-corrected chi connectivity index (χ4v) is 2.72. The van der Waals surface area contributed by atoms with Crippen molar-refractivity contribution in [1.29, 1.82) is 0 Å². The minimum atomic E-state index is -0.0212. The molecule has 0 atom stereocenters. The molecule has 1 aromatic heterocycles. The second-order valence-corrected chi connectivity index (χ2v) is 5.90. The summed E-state index contributed by atoms with van der Waals surface area (Å²) in [5.41, 5.74) is 8.14. The van der Waals surface area contributed by atoms with E-state index in [-0.39, 0.29) is 5.91 Å². The number of thiophene rings is 1. The second-order valence-electron chi connectivity index (χ2n) is 4.87. The summed E-state index contributed by atoms with van der Waals surface area (Å²) in [6, 6.07) is 9.46. The van der Waals surface area contributed by atoms with Gasteiger partial charge in [0.15, 0.2) is 0 Å². The van der Waals surface area contributed by atoms with Crippen molar-refractivity contribution in [3.63, 3.8) is 0 Å². The molecule has 112 valence electrons. The zero-order valence-electron chi connectivity index (χ0n) is 12.3. The number of carbonyl (C=O) groups excluding carboxylic acids is 1. The average molecular weight is 304 g/mol. The van der Waals surface area contributed by atoms with Crippen LogP contribution in [0.25, 0.3) is 0 Å². The van der Waals surface area contributed by atoms with Crippen LogP contribution in [0.1, 0.15) is 20.8 Å². The first-order valence-corrected chi connectivity index (χ1v) is 7.66. The monoisotopic (exact) mass is 304 g/mol. The molecular weight excluding hydrogens is 284 g/mol. The van der Waals surface area contributed by atoms with Gasteiger partial charge in [-0.3, -0.25) is 4.79 Å². The molecule has 5 heteroatoms. The lowest BCUT2D eigenvalue weighted by molar-refractivity contribution is 0.0682. The molecule has 0 fully saturated rings. The average Bonchev–Trinajstić information content (AvgIpc) is 2.98. The van der Waals surface area contributed by atoms with Gasteiger partial charge in [-0.15, -0.1) is 11.3 Å². The molecule has 0 unspecified atom stereocenters. The maximum Gasteiger partial charge on any atom is 0.254 e. The molecular formula is C16H20N2O2S. The highest BCUT2D eigenvalue weighted by atomic mass is 32.1. The third-order valence-corrected chi connectivity index (χ3v) is 4.17. The van der Waals surface area contributed by atoms with E-state index in [0.29, 0.717) is 30.9 Å². The quantitative estimate of drug-likeness (QED) is 0.835. The summed E-state index contributed by atoms with van der Waals surface area (Å²) in [5, 5.41) is 2.01. The van der Waals surface area contributed by atoms with Crippen LogP contribution in [0.2, 0.25) is 0 Å². The fourth-order valence-electron chi connectivity index (χ4n) is 2.00. The number of nitrogen functional groups attached to an aromatic ring is 1. The molecule has 0 saturated heterocycles. The van der Waals surface area contributed by atoms with E-state index in [1.165, 1.54) is 0 Å². The van der Waals surface area contributed by atoms with Crippen LogP contribution < -0.4 is 5.73 Å². The summed E-state index contributed by atoms with van der Waals surface area (Å²) in [7, 11) is 1.64. The van der Waals surface area contributed by atoms with Crippen LogP contribution >= 0.6 is 11.3 Å². The Labute approximate surface area is 129 Å². The maximum atomic E-state index is 12.7. The largest absolute Gasteiger partial charge is 0.398 e. The maximum absolute atomic E-state index is 12.7. The number of hydrogen-bond acceptors (Lipinski definition) is 4. The summed E-state index contributed by atoms with van der Waals surface area (Å²) >= 11 is 1.64. The van der Waals surface area contributed by atoms with Crippen molar-refractivity contribution < 1.29 is 9.53 Å². The topological polar surface area (TPSA) is 55.6 Å². The number of anilines is 1. The number of benzene rings is 1. The van der Waals surface area contributed by atoms with Gasteiger partial charge in [-0.25, -0.2) is 0 Å². The number of nitrogens with two attached hydrogens (primary N) is 1. The first kappa shape index (κ1) is 15.5. The van der Waals surface area contributed by atoms with E-state index in [1.54, 1.807) is 29.4 Å². The lowest BCUT2D eigenvalue weighted by atomic mass is 10.1. The lowest BCUT2D eigenvalue weighted by Gasteiger charge is -2.22. The van der Waals surface area contributed by atoms with E-state index >= 15 is 0 Å². The Morgan fingerprint density at radius 3 is 2.81 bits per heavy atom. The highest BCUT2D eigenvalue weighted by molar-refractivity contribution is 7.09. The van der Waals surface area contributed by atoms with Crippen molar-refractivity contribution in [3.05, 3.63) is 51.7 Å². The number of methoxy groups -OCH3 is 1. The van der Waals surface area contributed by atoms with Crippen LogP contribution in [0.5, 0.6) is 0 Å². The first-order valence-electron chi connectivity index (χ1n) is 6.78. The molecule has 0 spiro atoms. The summed E-state index contributed by atoms with van der Waals surface area (Å²) < 4.78 is 5.11. The highest BCUT2D eigenvalue weighted by Crippen LogP contribution is 2.17. The Kier molecular flexibility index (Phi) is 5.36. The van der Waals surface area contributed by atoms with E-state index in [4.69, 9.17) is 10.5 Å². The predicted octanol–water partition coefficient (Wildman–Crippen LogP) is 2.93. The SMILES string of the molecule is COCCN(Cc1cccs1)C(=O)c1ccc(C)c(N)c1. The Morgan fingerprint density at radius 2 is 2.19 bits per heavy atom. The van der Waals surface area contributed by atoms with Crippen LogP contribution in [0.15, 0.2) is 35.7 Å².